The van der Waals surface area contributed by atoms with Gasteiger partial charge >= 0.3 is 0 Å². The van der Waals surface area contributed by atoms with Crippen LogP contribution in [0.3, 0.4) is 0 Å². The number of sulfonamides is 1. The number of hydrogen-bond acceptors (Lipinski definition) is 7. The van der Waals surface area contributed by atoms with Gasteiger partial charge in [0.2, 0.25) is 0 Å². The van der Waals surface area contributed by atoms with Crippen LogP contribution in [0.25, 0.3) is 10.1 Å². The number of rotatable bonds is 7. The highest BCUT2D eigenvalue weighted by molar-refractivity contribution is 7.92. The van der Waals surface area contributed by atoms with Crippen molar-refractivity contribution in [2.24, 2.45) is 7.05 Å². The highest BCUT2D eigenvalue weighted by Crippen LogP contribution is 2.30. The van der Waals surface area contributed by atoms with Crippen LogP contribution >= 0.6 is 11.5 Å². The summed E-state index contributed by atoms with van der Waals surface area (Å²) in [7, 11) is -1.95. The molecule has 4 aromatic rings. The molecule has 0 unspecified atom stereocenters. The largest absolute Gasteiger partial charge is 0.353 e. The van der Waals surface area contributed by atoms with Gasteiger partial charge in [-0.05, 0) is 61.6 Å². The van der Waals surface area contributed by atoms with Crippen LogP contribution in [0.15, 0.2) is 53.4 Å². The lowest BCUT2D eigenvalue weighted by molar-refractivity contribution is 0.261. The Morgan fingerprint density at radius 2 is 1.80 bits per heavy atom. The van der Waals surface area contributed by atoms with Gasteiger partial charge < -0.3 is 4.90 Å². The lowest BCUT2D eigenvalue weighted by Crippen LogP contribution is -2.47. The van der Waals surface area contributed by atoms with Crippen molar-refractivity contribution in [3.8, 4) is 0 Å². The number of fused-ring (bicyclic) bond motifs is 1. The van der Waals surface area contributed by atoms with Crippen LogP contribution in [0.2, 0.25) is 0 Å². The molecule has 1 aliphatic heterocycles. The van der Waals surface area contributed by atoms with E-state index in [0.717, 1.165) is 50.5 Å². The third-order valence-electron chi connectivity index (χ3n) is 6.64. The first kappa shape index (κ1) is 23.8. The molecule has 1 N–H and O–H groups in total. The lowest BCUT2D eigenvalue weighted by atomic mass is 10.1. The standard InChI is InChI=1S/C25H30N6O2S2/c1-18-24(19(2)29(3)26-18)35(32,33)28-21-8-6-7-20(17-21)11-12-30-13-15-31(16-14-30)25-22-9-4-5-10-23(22)34-27-25/h4-10,17,28H,11-16H2,1-3H3. The van der Waals surface area contributed by atoms with Crippen LogP contribution < -0.4 is 9.62 Å². The van der Waals surface area contributed by atoms with E-state index < -0.39 is 10.0 Å². The van der Waals surface area contributed by atoms with Crippen molar-refractivity contribution < 1.29 is 8.42 Å². The zero-order chi connectivity index (χ0) is 24.6. The molecule has 0 atom stereocenters. The Morgan fingerprint density at radius 1 is 1.03 bits per heavy atom. The molecule has 184 valence electrons. The molecule has 1 fully saturated rings. The fourth-order valence-electron chi connectivity index (χ4n) is 4.71. The van der Waals surface area contributed by atoms with E-state index in [-0.39, 0.29) is 4.90 Å². The van der Waals surface area contributed by atoms with Gasteiger partial charge in [-0.25, -0.2) is 8.42 Å². The van der Waals surface area contributed by atoms with E-state index in [2.05, 4.69) is 50.0 Å². The summed E-state index contributed by atoms with van der Waals surface area (Å²) in [4.78, 5) is 5.09. The van der Waals surface area contributed by atoms with Crippen LogP contribution in [-0.2, 0) is 23.5 Å². The fourth-order valence-corrected chi connectivity index (χ4v) is 7.00. The van der Waals surface area contributed by atoms with Crippen molar-refractivity contribution in [1.29, 1.82) is 0 Å². The van der Waals surface area contributed by atoms with E-state index in [4.69, 9.17) is 4.37 Å². The molecule has 0 radical (unpaired) electrons. The zero-order valence-electron chi connectivity index (χ0n) is 20.2. The molecule has 5 rings (SSSR count). The quantitative estimate of drug-likeness (QED) is 0.407. The topological polar surface area (TPSA) is 83.4 Å². The summed E-state index contributed by atoms with van der Waals surface area (Å²) in [6, 6.07) is 16.1. The molecule has 0 spiro atoms. The molecule has 35 heavy (non-hydrogen) atoms. The summed E-state index contributed by atoms with van der Waals surface area (Å²) in [6.45, 7) is 8.29. The Kier molecular flexibility index (Phi) is 6.52. The molecule has 10 heteroatoms. The molecule has 1 aliphatic rings. The molecular formula is C25H30N6O2S2. The maximum absolute atomic E-state index is 13.0. The second kappa shape index (κ2) is 9.60. The number of aryl methyl sites for hydroxylation is 2. The maximum Gasteiger partial charge on any atom is 0.265 e. The average Bonchev–Trinajstić information content (AvgIpc) is 3.38. The Labute approximate surface area is 210 Å². The number of piperazine rings is 1. The van der Waals surface area contributed by atoms with Gasteiger partial charge in [0.1, 0.15) is 10.7 Å². The van der Waals surface area contributed by atoms with Crippen LogP contribution in [0.5, 0.6) is 0 Å². The molecular weight excluding hydrogens is 480 g/mol. The van der Waals surface area contributed by atoms with Crippen LogP contribution in [0, 0.1) is 13.8 Å². The summed E-state index contributed by atoms with van der Waals surface area (Å²) in [5.41, 5.74) is 2.80. The molecule has 0 aliphatic carbocycles. The third-order valence-corrected chi connectivity index (χ3v) is 9.09. The van der Waals surface area contributed by atoms with E-state index in [1.54, 1.807) is 43.2 Å². The fraction of sp³-hybridized carbons (Fsp3) is 0.360. The van der Waals surface area contributed by atoms with Crippen molar-refractivity contribution in [3.63, 3.8) is 0 Å². The summed E-state index contributed by atoms with van der Waals surface area (Å²) in [5.74, 6) is 1.10. The maximum atomic E-state index is 13.0. The summed E-state index contributed by atoms with van der Waals surface area (Å²) in [5, 5.41) is 5.48. The molecule has 0 saturated carbocycles. The number of hydrogen-bond donors (Lipinski definition) is 1. The van der Waals surface area contributed by atoms with E-state index in [1.165, 1.54) is 10.1 Å². The van der Waals surface area contributed by atoms with Gasteiger partial charge in [0.15, 0.2) is 0 Å². The molecule has 8 nitrogen and oxygen atoms in total. The highest BCUT2D eigenvalue weighted by atomic mass is 32.2. The summed E-state index contributed by atoms with van der Waals surface area (Å²) < 4.78 is 36.3. The number of nitrogens with one attached hydrogen (secondary N) is 1. The molecule has 2 aromatic heterocycles. The number of aromatic nitrogens is 3. The molecule has 3 heterocycles. The smallest absolute Gasteiger partial charge is 0.265 e. The van der Waals surface area contributed by atoms with Crippen molar-refractivity contribution in [2.75, 3.05) is 42.3 Å². The normalized spacial score (nSPS) is 15.1. The van der Waals surface area contributed by atoms with E-state index in [0.29, 0.717) is 17.1 Å². The first-order valence-corrected chi connectivity index (χ1v) is 14.0. The summed E-state index contributed by atoms with van der Waals surface area (Å²) in [6.07, 6.45) is 0.861. The molecule has 2 aromatic carbocycles. The van der Waals surface area contributed by atoms with Crippen molar-refractivity contribution in [2.45, 2.75) is 25.2 Å². The van der Waals surface area contributed by atoms with Crippen molar-refractivity contribution in [1.82, 2.24) is 19.1 Å². The minimum atomic E-state index is -3.70. The number of benzene rings is 2. The van der Waals surface area contributed by atoms with Gasteiger partial charge in [-0.3, -0.25) is 14.3 Å². The predicted octanol–water partition coefficient (Wildman–Crippen LogP) is 3.81. The number of nitrogens with zero attached hydrogens (tertiary/aromatic N) is 5. The first-order valence-electron chi connectivity index (χ1n) is 11.8. The number of anilines is 2. The van der Waals surface area contributed by atoms with Crippen molar-refractivity contribution in [3.05, 3.63) is 65.5 Å². The SMILES string of the molecule is Cc1nn(C)c(C)c1S(=O)(=O)Nc1cccc(CCN2CCN(c3nsc4ccccc34)CC2)c1. The van der Waals surface area contributed by atoms with Gasteiger partial charge in [-0.1, -0.05) is 24.3 Å². The Bertz CT molecular complexity index is 1450. The first-order chi connectivity index (χ1) is 16.8. The highest BCUT2D eigenvalue weighted by Gasteiger charge is 2.24. The second-order valence-corrected chi connectivity index (χ2v) is 11.4. The minimum Gasteiger partial charge on any atom is -0.353 e. The van der Waals surface area contributed by atoms with Gasteiger partial charge in [0, 0.05) is 50.8 Å². The van der Waals surface area contributed by atoms with Crippen LogP contribution in [0.4, 0.5) is 11.5 Å². The summed E-state index contributed by atoms with van der Waals surface area (Å²) >= 11 is 1.56. The lowest BCUT2D eigenvalue weighted by Gasteiger charge is -2.35. The predicted molar refractivity (Wildman–Crippen MR) is 142 cm³/mol. The van der Waals surface area contributed by atoms with Crippen LogP contribution in [-0.4, -0.2) is 60.2 Å². The van der Waals surface area contributed by atoms with E-state index in [1.807, 2.05) is 12.1 Å². The Morgan fingerprint density at radius 3 is 2.54 bits per heavy atom. The molecule has 0 amide bonds. The molecule has 1 saturated heterocycles. The Hall–Kier alpha value is -2.95. The van der Waals surface area contributed by atoms with E-state index >= 15 is 0 Å². The Balaban J connectivity index is 1.19. The minimum absolute atomic E-state index is 0.246. The second-order valence-electron chi connectivity index (χ2n) is 9.01. The van der Waals surface area contributed by atoms with Gasteiger partial charge in [0.25, 0.3) is 10.0 Å². The average molecular weight is 511 g/mol. The van der Waals surface area contributed by atoms with Crippen LogP contribution in [0.1, 0.15) is 17.0 Å². The van der Waals surface area contributed by atoms with Gasteiger partial charge in [-0.2, -0.15) is 9.47 Å². The molecule has 0 bridgehead atoms. The third kappa shape index (κ3) is 4.91. The zero-order valence-corrected chi connectivity index (χ0v) is 21.9. The monoisotopic (exact) mass is 510 g/mol. The van der Waals surface area contributed by atoms with E-state index in [9.17, 15) is 8.42 Å². The van der Waals surface area contributed by atoms with Gasteiger partial charge in [-0.15, -0.1) is 0 Å². The van der Waals surface area contributed by atoms with Gasteiger partial charge in [0.05, 0.1) is 16.1 Å². The van der Waals surface area contributed by atoms with Crippen molar-refractivity contribution >= 4 is 43.1 Å².